The van der Waals surface area contributed by atoms with Gasteiger partial charge in [-0.3, -0.25) is 4.79 Å². The van der Waals surface area contributed by atoms with Gasteiger partial charge in [0.15, 0.2) is 0 Å². The van der Waals surface area contributed by atoms with Crippen LogP contribution in [0.1, 0.15) is 20.3 Å². The summed E-state index contributed by atoms with van der Waals surface area (Å²) in [4.78, 5) is 10.3. The normalized spacial score (nSPS) is 9.75. The molecule has 1 amide bonds. The van der Waals surface area contributed by atoms with Crippen molar-refractivity contribution in [3.05, 3.63) is 0 Å². The predicted octanol–water partition coefficient (Wildman–Crippen LogP) is 0.518. The molecule has 0 aliphatic rings. The standard InChI is InChI=1S/C5H10N2O/c1-3-5(8)7-6-4-2/h4H,3H2,1-2H3,(H,7,8)/b6-4+. The summed E-state index contributed by atoms with van der Waals surface area (Å²) in [7, 11) is 0. The molecule has 0 aromatic carbocycles. The monoisotopic (exact) mass is 114 g/mol. The fourth-order valence-corrected chi connectivity index (χ4v) is 0.216. The maximum atomic E-state index is 10.3. The number of nitrogens with zero attached hydrogens (tertiary/aromatic N) is 1. The van der Waals surface area contributed by atoms with E-state index in [1.54, 1.807) is 13.8 Å². The van der Waals surface area contributed by atoms with Crippen molar-refractivity contribution in [2.45, 2.75) is 20.3 Å². The molecule has 0 aromatic rings. The van der Waals surface area contributed by atoms with Crippen molar-refractivity contribution in [1.29, 1.82) is 0 Å². The van der Waals surface area contributed by atoms with Crippen LogP contribution in [0.15, 0.2) is 5.10 Å². The minimum atomic E-state index is -0.0527. The number of hydrogen-bond donors (Lipinski definition) is 1. The molecule has 0 unspecified atom stereocenters. The first-order chi connectivity index (χ1) is 3.81. The third-order valence-electron chi connectivity index (χ3n) is 0.639. The fraction of sp³-hybridized carbons (Fsp3) is 0.600. The van der Waals surface area contributed by atoms with Crippen molar-refractivity contribution >= 4 is 12.1 Å². The van der Waals surface area contributed by atoms with Gasteiger partial charge in [-0.05, 0) is 6.92 Å². The van der Waals surface area contributed by atoms with Gasteiger partial charge in [0.2, 0.25) is 5.91 Å². The number of carbonyl (C=O) groups excluding carboxylic acids is 1. The molecule has 0 atom stereocenters. The van der Waals surface area contributed by atoms with Gasteiger partial charge in [0.1, 0.15) is 0 Å². The van der Waals surface area contributed by atoms with E-state index in [0.717, 1.165) is 0 Å². The van der Waals surface area contributed by atoms with Crippen LogP contribution in [-0.4, -0.2) is 12.1 Å². The molecule has 0 aliphatic heterocycles. The minimum absolute atomic E-state index is 0.0527. The molecule has 0 rings (SSSR count). The summed E-state index contributed by atoms with van der Waals surface area (Å²) < 4.78 is 0. The highest BCUT2D eigenvalue weighted by atomic mass is 16.2. The molecule has 3 nitrogen and oxygen atoms in total. The summed E-state index contributed by atoms with van der Waals surface area (Å²) in [6, 6.07) is 0. The SMILES string of the molecule is C/C=N/NC(=O)CC. The molecule has 3 heteroatoms. The zero-order valence-corrected chi connectivity index (χ0v) is 5.14. The first kappa shape index (κ1) is 7.14. The lowest BCUT2D eigenvalue weighted by atomic mass is 10.5. The topological polar surface area (TPSA) is 41.5 Å². The first-order valence-corrected chi connectivity index (χ1v) is 2.57. The molecule has 0 saturated heterocycles. The number of amides is 1. The van der Waals surface area contributed by atoms with E-state index in [2.05, 4.69) is 10.5 Å². The molecule has 0 aliphatic carbocycles. The number of hydrazone groups is 1. The first-order valence-electron chi connectivity index (χ1n) is 2.57. The lowest BCUT2D eigenvalue weighted by molar-refractivity contribution is -0.120. The van der Waals surface area contributed by atoms with Gasteiger partial charge in [-0.1, -0.05) is 6.92 Å². The summed E-state index contributed by atoms with van der Waals surface area (Å²) in [6.45, 7) is 3.52. The van der Waals surface area contributed by atoms with Crippen molar-refractivity contribution in [2.24, 2.45) is 5.10 Å². The van der Waals surface area contributed by atoms with Crippen molar-refractivity contribution in [3.63, 3.8) is 0 Å². The Bertz CT molecular complexity index is 98.6. The molecule has 0 fully saturated rings. The Morgan fingerprint density at radius 1 is 1.88 bits per heavy atom. The molecule has 0 aromatic heterocycles. The average molecular weight is 114 g/mol. The molecule has 0 bridgehead atoms. The Kier molecular flexibility index (Phi) is 3.84. The predicted molar refractivity (Wildman–Crippen MR) is 32.6 cm³/mol. The summed E-state index contributed by atoms with van der Waals surface area (Å²) in [6.07, 6.45) is 2.02. The van der Waals surface area contributed by atoms with Gasteiger partial charge in [0, 0.05) is 12.6 Å². The van der Waals surface area contributed by atoms with E-state index in [9.17, 15) is 4.79 Å². The summed E-state index contributed by atoms with van der Waals surface area (Å²) >= 11 is 0. The Labute approximate surface area is 48.8 Å². The molecule has 46 valence electrons. The highest BCUT2D eigenvalue weighted by Gasteiger charge is 1.88. The van der Waals surface area contributed by atoms with Crippen molar-refractivity contribution in [1.82, 2.24) is 5.43 Å². The maximum absolute atomic E-state index is 10.3. The lowest BCUT2D eigenvalue weighted by Gasteiger charge is -1.90. The number of rotatable bonds is 2. The summed E-state index contributed by atoms with van der Waals surface area (Å²) in [5, 5.41) is 3.52. The molecule has 0 radical (unpaired) electrons. The van der Waals surface area contributed by atoms with E-state index < -0.39 is 0 Å². The maximum Gasteiger partial charge on any atom is 0.239 e. The van der Waals surface area contributed by atoms with Crippen molar-refractivity contribution < 1.29 is 4.79 Å². The van der Waals surface area contributed by atoms with Crippen LogP contribution < -0.4 is 5.43 Å². The Hall–Kier alpha value is -0.860. The number of hydrogen-bond acceptors (Lipinski definition) is 2. The third kappa shape index (κ3) is 3.33. The second-order valence-electron chi connectivity index (χ2n) is 1.28. The van der Waals surface area contributed by atoms with E-state index in [-0.39, 0.29) is 5.91 Å². The highest BCUT2D eigenvalue weighted by Crippen LogP contribution is 1.71. The zero-order chi connectivity index (χ0) is 6.41. The van der Waals surface area contributed by atoms with Crippen LogP contribution in [-0.2, 0) is 4.79 Å². The van der Waals surface area contributed by atoms with Gasteiger partial charge in [0.25, 0.3) is 0 Å². The molecule has 8 heavy (non-hydrogen) atoms. The largest absolute Gasteiger partial charge is 0.273 e. The van der Waals surface area contributed by atoms with Crippen LogP contribution in [0.4, 0.5) is 0 Å². The van der Waals surface area contributed by atoms with Gasteiger partial charge >= 0.3 is 0 Å². The smallest absolute Gasteiger partial charge is 0.239 e. The number of carbonyl (C=O) groups is 1. The zero-order valence-electron chi connectivity index (χ0n) is 5.14. The van der Waals surface area contributed by atoms with Gasteiger partial charge in [-0.15, -0.1) is 0 Å². The Morgan fingerprint density at radius 3 is 2.88 bits per heavy atom. The Morgan fingerprint density at radius 2 is 2.50 bits per heavy atom. The van der Waals surface area contributed by atoms with Crippen LogP contribution >= 0.6 is 0 Å². The van der Waals surface area contributed by atoms with Crippen molar-refractivity contribution in [2.75, 3.05) is 0 Å². The third-order valence-corrected chi connectivity index (χ3v) is 0.639. The van der Waals surface area contributed by atoms with Crippen LogP contribution in [0.2, 0.25) is 0 Å². The molecule has 1 N–H and O–H groups in total. The fourth-order valence-electron chi connectivity index (χ4n) is 0.216. The van der Waals surface area contributed by atoms with Crippen molar-refractivity contribution in [3.8, 4) is 0 Å². The van der Waals surface area contributed by atoms with E-state index in [0.29, 0.717) is 6.42 Å². The quantitative estimate of drug-likeness (QED) is 0.412. The second-order valence-corrected chi connectivity index (χ2v) is 1.28. The van der Waals surface area contributed by atoms with Crippen LogP contribution in [0.3, 0.4) is 0 Å². The van der Waals surface area contributed by atoms with Crippen LogP contribution in [0, 0.1) is 0 Å². The highest BCUT2D eigenvalue weighted by molar-refractivity contribution is 5.76. The second kappa shape index (κ2) is 4.30. The number of nitrogens with one attached hydrogen (secondary N) is 1. The van der Waals surface area contributed by atoms with E-state index in [1.807, 2.05) is 0 Å². The average Bonchev–Trinajstić information content (AvgIpc) is 1.83. The lowest BCUT2D eigenvalue weighted by Crippen LogP contribution is -2.14. The van der Waals surface area contributed by atoms with Gasteiger partial charge in [-0.2, -0.15) is 5.10 Å². The van der Waals surface area contributed by atoms with E-state index in [4.69, 9.17) is 0 Å². The van der Waals surface area contributed by atoms with Gasteiger partial charge in [-0.25, -0.2) is 5.43 Å². The summed E-state index contributed by atoms with van der Waals surface area (Å²) in [5.41, 5.74) is 2.31. The molecule has 0 saturated carbocycles. The molecular formula is C5H10N2O. The van der Waals surface area contributed by atoms with Crippen LogP contribution in [0.25, 0.3) is 0 Å². The van der Waals surface area contributed by atoms with E-state index >= 15 is 0 Å². The summed E-state index contributed by atoms with van der Waals surface area (Å²) in [5.74, 6) is -0.0527. The van der Waals surface area contributed by atoms with Gasteiger partial charge < -0.3 is 0 Å². The minimum Gasteiger partial charge on any atom is -0.273 e. The molecular weight excluding hydrogens is 104 g/mol. The van der Waals surface area contributed by atoms with E-state index in [1.165, 1.54) is 6.21 Å². The van der Waals surface area contributed by atoms with Crippen LogP contribution in [0.5, 0.6) is 0 Å². The molecule has 0 heterocycles. The Balaban J connectivity index is 3.25. The van der Waals surface area contributed by atoms with Gasteiger partial charge in [0.05, 0.1) is 0 Å². The molecule has 0 spiro atoms.